The number of anilines is 1. The third-order valence-corrected chi connectivity index (χ3v) is 4.92. The van der Waals surface area contributed by atoms with Crippen LogP contribution in [0.1, 0.15) is 5.69 Å². The maximum Gasteiger partial charge on any atom is 0.142 e. The fourth-order valence-electron chi connectivity index (χ4n) is 3.38. The van der Waals surface area contributed by atoms with E-state index in [1.54, 1.807) is 7.11 Å². The van der Waals surface area contributed by atoms with Crippen LogP contribution in [-0.4, -0.2) is 23.9 Å². The Bertz CT molecular complexity index is 1250. The normalized spacial score (nSPS) is 10.8. The van der Waals surface area contributed by atoms with Gasteiger partial charge in [0.05, 0.1) is 24.4 Å². The zero-order valence-electron chi connectivity index (χ0n) is 15.8. The molecule has 3 aromatic carbocycles. The summed E-state index contributed by atoms with van der Waals surface area (Å²) in [4.78, 5) is 0. The number of aromatic nitrogens is 2. The number of fused-ring (bicyclic) bond motifs is 2. The van der Waals surface area contributed by atoms with Crippen molar-refractivity contribution in [2.75, 3.05) is 19.0 Å². The van der Waals surface area contributed by atoms with Crippen molar-refractivity contribution < 1.29 is 4.74 Å². The van der Waals surface area contributed by atoms with Crippen molar-refractivity contribution in [3.63, 3.8) is 0 Å². The molecule has 0 aliphatic carbocycles. The number of aryl methyl sites for hydroxylation is 1. The Morgan fingerprint density at radius 2 is 1.86 bits per heavy atom. The summed E-state index contributed by atoms with van der Waals surface area (Å²) in [5.41, 5.74) is 5.56. The zero-order valence-corrected chi connectivity index (χ0v) is 15.8. The number of nitriles is 1. The minimum Gasteiger partial charge on any atom is -0.495 e. The molecule has 138 valence electrons. The molecule has 1 heterocycles. The first-order valence-electron chi connectivity index (χ1n) is 8.98. The van der Waals surface area contributed by atoms with E-state index in [1.807, 2.05) is 25.1 Å². The van der Waals surface area contributed by atoms with Gasteiger partial charge in [0.2, 0.25) is 0 Å². The summed E-state index contributed by atoms with van der Waals surface area (Å²) in [6.45, 7) is 6.14. The molecule has 4 rings (SSSR count). The molecule has 0 saturated carbocycles. The predicted octanol–water partition coefficient (Wildman–Crippen LogP) is 5.19. The average molecular weight is 368 g/mol. The first-order chi connectivity index (χ1) is 13.6. The van der Waals surface area contributed by atoms with Crippen molar-refractivity contribution >= 4 is 27.4 Å². The number of benzene rings is 3. The third kappa shape index (κ3) is 3.06. The molecule has 0 fully saturated rings. The average Bonchev–Trinajstić information content (AvgIpc) is 3.11. The van der Waals surface area contributed by atoms with Crippen LogP contribution in [0, 0.1) is 18.3 Å². The summed E-state index contributed by atoms with van der Waals surface area (Å²) in [6, 6.07) is 18.7. The van der Waals surface area contributed by atoms with Crippen molar-refractivity contribution in [1.82, 2.24) is 10.2 Å². The predicted molar refractivity (Wildman–Crippen MR) is 114 cm³/mol. The molecule has 0 radical (unpaired) electrons. The summed E-state index contributed by atoms with van der Waals surface area (Å²) >= 11 is 0. The second kappa shape index (κ2) is 7.09. The molecule has 0 saturated heterocycles. The number of ether oxygens (including phenoxy) is 1. The number of rotatable bonds is 5. The maximum atomic E-state index is 9.01. The Kier molecular flexibility index (Phi) is 4.46. The smallest absolute Gasteiger partial charge is 0.142 e. The Balaban J connectivity index is 1.85. The molecule has 5 heteroatoms. The van der Waals surface area contributed by atoms with Crippen molar-refractivity contribution in [2.24, 2.45) is 0 Å². The van der Waals surface area contributed by atoms with Gasteiger partial charge < -0.3 is 10.1 Å². The maximum absolute atomic E-state index is 9.01. The number of hydrogen-bond acceptors (Lipinski definition) is 4. The highest BCUT2D eigenvalue weighted by Crippen LogP contribution is 2.36. The highest BCUT2D eigenvalue weighted by Gasteiger charge is 2.11. The van der Waals surface area contributed by atoms with Crippen LogP contribution >= 0.6 is 0 Å². The number of hydrogen-bond donors (Lipinski definition) is 2. The molecule has 0 aliphatic rings. The minimum atomic E-state index is 0.371. The van der Waals surface area contributed by atoms with Crippen LogP contribution in [0.25, 0.3) is 32.8 Å². The summed E-state index contributed by atoms with van der Waals surface area (Å²) in [5, 5.41) is 22.9. The van der Waals surface area contributed by atoms with Gasteiger partial charge in [-0.2, -0.15) is 10.4 Å². The van der Waals surface area contributed by atoms with Crippen molar-refractivity contribution in [3.05, 3.63) is 66.4 Å². The highest BCUT2D eigenvalue weighted by molar-refractivity contribution is 6.00. The van der Waals surface area contributed by atoms with Gasteiger partial charge in [-0.1, -0.05) is 30.8 Å². The number of aromatic amines is 1. The fourth-order valence-corrected chi connectivity index (χ4v) is 3.38. The van der Waals surface area contributed by atoms with Gasteiger partial charge in [-0.05, 0) is 47.7 Å². The molecular formula is C23H20N4O. The second-order valence-corrected chi connectivity index (χ2v) is 6.73. The third-order valence-electron chi connectivity index (χ3n) is 4.92. The van der Waals surface area contributed by atoms with E-state index < -0.39 is 0 Å². The first-order valence-corrected chi connectivity index (χ1v) is 8.98. The van der Waals surface area contributed by atoms with Gasteiger partial charge in [0, 0.05) is 28.6 Å². The van der Waals surface area contributed by atoms with Crippen LogP contribution in [0.3, 0.4) is 0 Å². The van der Waals surface area contributed by atoms with Crippen LogP contribution in [-0.2, 0) is 0 Å². The Morgan fingerprint density at radius 1 is 1.14 bits per heavy atom. The van der Waals surface area contributed by atoms with Crippen LogP contribution in [0.2, 0.25) is 0 Å². The lowest BCUT2D eigenvalue weighted by Gasteiger charge is -2.15. The lowest BCUT2D eigenvalue weighted by molar-refractivity contribution is 0.417. The summed E-state index contributed by atoms with van der Waals surface area (Å²) in [7, 11) is 1.64. The van der Waals surface area contributed by atoms with E-state index in [0.717, 1.165) is 49.9 Å². The largest absolute Gasteiger partial charge is 0.495 e. The number of nitrogens with zero attached hydrogens (tertiary/aromatic N) is 2. The van der Waals surface area contributed by atoms with E-state index in [0.29, 0.717) is 12.1 Å². The van der Waals surface area contributed by atoms with Gasteiger partial charge in [-0.25, -0.2) is 0 Å². The molecular weight excluding hydrogens is 348 g/mol. The Morgan fingerprint density at radius 3 is 2.61 bits per heavy atom. The van der Waals surface area contributed by atoms with Crippen molar-refractivity contribution in [3.8, 4) is 22.9 Å². The molecule has 0 aliphatic heterocycles. The number of nitrogens with one attached hydrogen (secondary N) is 2. The second-order valence-electron chi connectivity index (χ2n) is 6.73. The fraction of sp³-hybridized carbons (Fsp3) is 0.130. The van der Waals surface area contributed by atoms with Crippen molar-refractivity contribution in [2.45, 2.75) is 6.92 Å². The topological polar surface area (TPSA) is 73.7 Å². The van der Waals surface area contributed by atoms with Crippen molar-refractivity contribution in [1.29, 1.82) is 5.26 Å². The van der Waals surface area contributed by atoms with Gasteiger partial charge in [0.1, 0.15) is 5.75 Å². The SMILES string of the molecule is C=C(C#N)CNc1c(OC)ccc2ccc(-c3ccc4n[nH]c(C)c4c3)cc12. The molecule has 0 spiro atoms. The molecule has 4 aromatic rings. The van der Waals surface area contributed by atoms with Crippen LogP contribution in [0.5, 0.6) is 5.75 Å². The lowest BCUT2D eigenvalue weighted by Crippen LogP contribution is -2.05. The van der Waals surface area contributed by atoms with Crippen LogP contribution in [0.4, 0.5) is 5.69 Å². The monoisotopic (exact) mass is 368 g/mol. The molecule has 2 N–H and O–H groups in total. The molecule has 28 heavy (non-hydrogen) atoms. The van der Waals surface area contributed by atoms with Gasteiger partial charge in [-0.15, -0.1) is 0 Å². The molecule has 0 unspecified atom stereocenters. The Labute approximate surface area is 163 Å². The van der Waals surface area contributed by atoms with E-state index >= 15 is 0 Å². The Hall–Kier alpha value is -3.78. The van der Waals surface area contributed by atoms with E-state index in [4.69, 9.17) is 10.00 Å². The van der Waals surface area contributed by atoms with E-state index in [1.165, 1.54) is 0 Å². The summed E-state index contributed by atoms with van der Waals surface area (Å²) in [6.07, 6.45) is 0. The zero-order chi connectivity index (χ0) is 19.7. The minimum absolute atomic E-state index is 0.371. The molecule has 1 aromatic heterocycles. The van der Waals surface area contributed by atoms with Crippen LogP contribution < -0.4 is 10.1 Å². The highest BCUT2D eigenvalue weighted by atomic mass is 16.5. The van der Waals surface area contributed by atoms with Crippen LogP contribution in [0.15, 0.2) is 60.7 Å². The summed E-state index contributed by atoms with van der Waals surface area (Å²) < 4.78 is 5.54. The van der Waals surface area contributed by atoms with Gasteiger partial charge >= 0.3 is 0 Å². The first kappa shape index (κ1) is 17.6. The van der Waals surface area contributed by atoms with E-state index in [9.17, 15) is 0 Å². The molecule has 0 bridgehead atoms. The molecule has 0 amide bonds. The van der Waals surface area contributed by atoms with E-state index in [2.05, 4.69) is 58.5 Å². The van der Waals surface area contributed by atoms with Gasteiger partial charge in [-0.3, -0.25) is 5.10 Å². The van der Waals surface area contributed by atoms with Gasteiger partial charge in [0.15, 0.2) is 0 Å². The quantitative estimate of drug-likeness (QED) is 0.475. The number of H-pyrrole nitrogens is 1. The lowest BCUT2D eigenvalue weighted by atomic mass is 9.98. The standard InChI is InChI=1S/C23H20N4O/c1-14(12-24)13-25-23-20-11-17(5-4-16(20)7-9-22(23)28-3)18-6-8-21-19(10-18)15(2)26-27-21/h4-11,25H,1,13H2,2-3H3,(H,26,27). The van der Waals surface area contributed by atoms with E-state index in [-0.39, 0.29) is 0 Å². The van der Waals surface area contributed by atoms with Gasteiger partial charge in [0.25, 0.3) is 0 Å². The molecule has 5 nitrogen and oxygen atoms in total. The molecule has 0 atom stereocenters. The summed E-state index contributed by atoms with van der Waals surface area (Å²) in [5.74, 6) is 0.733. The number of methoxy groups -OCH3 is 1.